The first-order valence-electron chi connectivity index (χ1n) is 8.61. The lowest BCUT2D eigenvalue weighted by molar-refractivity contribution is -0.274. The van der Waals surface area contributed by atoms with Gasteiger partial charge in [-0.15, -0.1) is 13.2 Å². The van der Waals surface area contributed by atoms with Crippen molar-refractivity contribution < 1.29 is 22.7 Å². The Kier molecular flexibility index (Phi) is 6.76. The third-order valence-electron chi connectivity index (χ3n) is 3.46. The number of carbonyl (C=O) groups excluding carboxylic acids is 1. The number of benzene rings is 1. The lowest BCUT2D eigenvalue weighted by Gasteiger charge is -2.24. The molecule has 0 aliphatic carbocycles. The van der Waals surface area contributed by atoms with Crippen LogP contribution in [-0.4, -0.2) is 35.3 Å². The van der Waals surface area contributed by atoms with Crippen molar-refractivity contribution in [2.24, 2.45) is 5.41 Å². The molecule has 1 heterocycles. The second-order valence-corrected chi connectivity index (χ2v) is 7.29. The van der Waals surface area contributed by atoms with Gasteiger partial charge in [-0.3, -0.25) is 9.69 Å². The van der Waals surface area contributed by atoms with E-state index in [0.29, 0.717) is 6.54 Å². The molecular formula is C19H20F3N5O2. The maximum atomic E-state index is 12.9. The van der Waals surface area contributed by atoms with Gasteiger partial charge in [0.05, 0.1) is 12.2 Å². The van der Waals surface area contributed by atoms with Crippen molar-refractivity contribution in [2.45, 2.75) is 27.1 Å². The van der Waals surface area contributed by atoms with Gasteiger partial charge in [-0.05, 0) is 23.6 Å². The summed E-state index contributed by atoms with van der Waals surface area (Å²) < 4.78 is 41.6. The molecule has 0 saturated carbocycles. The molecule has 0 atom stereocenters. The van der Waals surface area contributed by atoms with E-state index < -0.39 is 18.0 Å². The normalized spacial score (nSPS) is 11.6. The molecule has 0 unspecified atom stereocenters. The highest BCUT2D eigenvalue weighted by atomic mass is 19.4. The van der Waals surface area contributed by atoms with E-state index in [1.54, 1.807) is 6.07 Å². The van der Waals surface area contributed by atoms with E-state index in [1.165, 1.54) is 24.4 Å². The van der Waals surface area contributed by atoms with Crippen molar-refractivity contribution in [3.05, 3.63) is 42.4 Å². The molecule has 0 saturated heterocycles. The van der Waals surface area contributed by atoms with Crippen LogP contribution in [-0.2, 0) is 4.79 Å². The van der Waals surface area contributed by atoms with E-state index in [1.807, 2.05) is 20.8 Å². The first kappa shape index (κ1) is 22.1. The summed E-state index contributed by atoms with van der Waals surface area (Å²) in [5, 5.41) is 12.0. The van der Waals surface area contributed by atoms with Gasteiger partial charge in [-0.25, -0.2) is 9.97 Å². The summed E-state index contributed by atoms with van der Waals surface area (Å²) in [6.45, 7) is 6.42. The first-order chi connectivity index (χ1) is 13.5. The number of hydrogen-bond donors (Lipinski definition) is 1. The number of alkyl halides is 3. The molecule has 0 bridgehead atoms. The minimum absolute atomic E-state index is 0.0586. The summed E-state index contributed by atoms with van der Waals surface area (Å²) in [5.74, 6) is -1.07. The van der Waals surface area contributed by atoms with Gasteiger partial charge in [0.25, 0.3) is 0 Å². The molecule has 1 N–H and O–H groups in total. The Balaban J connectivity index is 2.38. The SMILES string of the molecule is CC(C)(C)CNCC(=O)N(c1cccc(OC(F)(F)F)c1)c1ccnc(C#N)n1. The van der Waals surface area contributed by atoms with E-state index >= 15 is 0 Å². The molecule has 2 rings (SSSR count). The number of ether oxygens (including phenoxy) is 1. The van der Waals surface area contributed by atoms with Crippen LogP contribution in [0.3, 0.4) is 0 Å². The van der Waals surface area contributed by atoms with Crippen LogP contribution in [0.1, 0.15) is 26.6 Å². The number of nitrogens with zero attached hydrogens (tertiary/aromatic N) is 4. The Labute approximate surface area is 166 Å². The lowest BCUT2D eigenvalue weighted by atomic mass is 9.97. The zero-order valence-electron chi connectivity index (χ0n) is 16.1. The highest BCUT2D eigenvalue weighted by Gasteiger charge is 2.31. The number of anilines is 2. The maximum Gasteiger partial charge on any atom is 0.573 e. The molecule has 2 aromatic rings. The van der Waals surface area contributed by atoms with E-state index in [9.17, 15) is 18.0 Å². The predicted molar refractivity (Wildman–Crippen MR) is 99.3 cm³/mol. The quantitative estimate of drug-likeness (QED) is 0.788. The van der Waals surface area contributed by atoms with Crippen molar-refractivity contribution in [3.63, 3.8) is 0 Å². The van der Waals surface area contributed by atoms with E-state index in [0.717, 1.165) is 17.0 Å². The van der Waals surface area contributed by atoms with Crippen LogP contribution in [0.25, 0.3) is 0 Å². The number of aromatic nitrogens is 2. The Hall–Kier alpha value is -3.19. The Bertz CT molecular complexity index is 904. The van der Waals surface area contributed by atoms with Crippen LogP contribution in [0.2, 0.25) is 0 Å². The molecule has 154 valence electrons. The van der Waals surface area contributed by atoms with Crippen molar-refractivity contribution in [1.82, 2.24) is 15.3 Å². The molecule has 29 heavy (non-hydrogen) atoms. The lowest BCUT2D eigenvalue weighted by Crippen LogP contribution is -2.38. The van der Waals surface area contributed by atoms with Gasteiger partial charge in [0.1, 0.15) is 17.6 Å². The van der Waals surface area contributed by atoms with Gasteiger partial charge in [0.2, 0.25) is 11.7 Å². The molecule has 0 aliphatic heterocycles. The zero-order chi connectivity index (χ0) is 21.7. The van der Waals surface area contributed by atoms with Gasteiger partial charge in [-0.1, -0.05) is 26.8 Å². The second kappa shape index (κ2) is 8.87. The summed E-state index contributed by atoms with van der Waals surface area (Å²) in [5.41, 5.74) is 0.0333. The van der Waals surface area contributed by atoms with Crippen LogP contribution >= 0.6 is 0 Å². The summed E-state index contributed by atoms with van der Waals surface area (Å²) in [6.07, 6.45) is -3.58. The fourth-order valence-electron chi connectivity index (χ4n) is 2.37. The average Bonchev–Trinajstić information content (AvgIpc) is 2.60. The third kappa shape index (κ3) is 7.04. The minimum Gasteiger partial charge on any atom is -0.406 e. The number of hydrogen-bond acceptors (Lipinski definition) is 6. The molecule has 0 fully saturated rings. The third-order valence-corrected chi connectivity index (χ3v) is 3.46. The minimum atomic E-state index is -4.87. The van der Waals surface area contributed by atoms with Gasteiger partial charge in [-0.2, -0.15) is 5.26 Å². The summed E-state index contributed by atoms with van der Waals surface area (Å²) in [6, 6.07) is 8.12. The average molecular weight is 407 g/mol. The molecule has 1 aromatic heterocycles. The topological polar surface area (TPSA) is 91.1 Å². The monoisotopic (exact) mass is 407 g/mol. The van der Waals surface area contributed by atoms with Crippen molar-refractivity contribution >= 4 is 17.4 Å². The number of nitriles is 1. The summed E-state index contributed by atoms with van der Waals surface area (Å²) in [4.78, 5) is 21.7. The standard InChI is InChI=1S/C19H20F3N5O2/c1-18(2,3)12-24-11-17(28)27(16-7-8-25-15(10-23)26-16)13-5-4-6-14(9-13)29-19(20,21)22/h4-9,24H,11-12H2,1-3H3. The van der Waals surface area contributed by atoms with E-state index in [-0.39, 0.29) is 29.3 Å². The molecule has 0 spiro atoms. The summed E-state index contributed by atoms with van der Waals surface area (Å²) in [7, 11) is 0. The van der Waals surface area contributed by atoms with Crippen molar-refractivity contribution in [2.75, 3.05) is 18.0 Å². The number of amides is 1. The molecular weight excluding hydrogens is 387 g/mol. The number of rotatable bonds is 6. The number of halogens is 3. The van der Waals surface area contributed by atoms with Gasteiger partial charge >= 0.3 is 6.36 Å². The highest BCUT2D eigenvalue weighted by molar-refractivity contribution is 6.01. The molecule has 1 aromatic carbocycles. The second-order valence-electron chi connectivity index (χ2n) is 7.29. The maximum absolute atomic E-state index is 12.9. The smallest absolute Gasteiger partial charge is 0.406 e. The van der Waals surface area contributed by atoms with E-state index in [4.69, 9.17) is 5.26 Å². The molecule has 7 nitrogen and oxygen atoms in total. The summed E-state index contributed by atoms with van der Waals surface area (Å²) >= 11 is 0. The van der Waals surface area contributed by atoms with E-state index in [2.05, 4.69) is 20.0 Å². The highest BCUT2D eigenvalue weighted by Crippen LogP contribution is 2.30. The fraction of sp³-hybridized carbons (Fsp3) is 0.368. The van der Waals surface area contributed by atoms with Crippen LogP contribution in [0.4, 0.5) is 24.7 Å². The van der Waals surface area contributed by atoms with Crippen LogP contribution < -0.4 is 15.0 Å². The van der Waals surface area contributed by atoms with Crippen LogP contribution in [0.5, 0.6) is 5.75 Å². The number of carbonyl (C=O) groups is 1. The number of nitrogens with one attached hydrogen (secondary N) is 1. The molecule has 10 heteroatoms. The van der Waals surface area contributed by atoms with Crippen molar-refractivity contribution in [3.8, 4) is 11.8 Å². The largest absolute Gasteiger partial charge is 0.573 e. The van der Waals surface area contributed by atoms with Gasteiger partial charge in [0.15, 0.2) is 0 Å². The van der Waals surface area contributed by atoms with Crippen LogP contribution in [0, 0.1) is 16.7 Å². The Morgan fingerprint density at radius 2 is 2.00 bits per heavy atom. The first-order valence-corrected chi connectivity index (χ1v) is 8.61. The van der Waals surface area contributed by atoms with Crippen molar-refractivity contribution in [1.29, 1.82) is 5.26 Å². The molecule has 1 amide bonds. The van der Waals surface area contributed by atoms with Gasteiger partial charge < -0.3 is 10.1 Å². The zero-order valence-corrected chi connectivity index (χ0v) is 16.1. The Morgan fingerprint density at radius 3 is 2.62 bits per heavy atom. The molecule has 0 radical (unpaired) electrons. The fourth-order valence-corrected chi connectivity index (χ4v) is 2.37. The van der Waals surface area contributed by atoms with Gasteiger partial charge in [0, 0.05) is 18.8 Å². The Morgan fingerprint density at radius 1 is 1.28 bits per heavy atom. The molecule has 0 aliphatic rings. The predicted octanol–water partition coefficient (Wildman–Crippen LogP) is 3.55. The van der Waals surface area contributed by atoms with Crippen LogP contribution in [0.15, 0.2) is 36.5 Å².